The maximum Gasteiger partial charge on any atom is 0.339 e. The number of rotatable bonds is 4. The Morgan fingerprint density at radius 2 is 2.00 bits per heavy atom. The van der Waals surface area contributed by atoms with E-state index in [2.05, 4.69) is 28.5 Å². The van der Waals surface area contributed by atoms with E-state index in [0.717, 1.165) is 13.1 Å². The molecule has 0 saturated carbocycles. The fraction of sp³-hybridized carbons (Fsp3) is 0.571. The van der Waals surface area contributed by atoms with Gasteiger partial charge in [0.05, 0.1) is 17.6 Å². The molecule has 0 radical (unpaired) electrons. The minimum Gasteiger partial charge on any atom is -0.465 e. The topological polar surface area (TPSA) is 88.8 Å². The van der Waals surface area contributed by atoms with Gasteiger partial charge in [-0.2, -0.15) is 0 Å². The second-order valence-corrected chi connectivity index (χ2v) is 5.43. The van der Waals surface area contributed by atoms with Crippen LogP contribution in [-0.4, -0.2) is 60.1 Å². The summed E-state index contributed by atoms with van der Waals surface area (Å²) < 4.78 is 4.57. The largest absolute Gasteiger partial charge is 0.465 e. The van der Waals surface area contributed by atoms with Gasteiger partial charge in [-0.05, 0) is 13.8 Å². The first-order valence-corrected chi connectivity index (χ1v) is 7.15. The van der Waals surface area contributed by atoms with E-state index in [-0.39, 0.29) is 11.3 Å². The number of aromatic nitrogens is 1. The quantitative estimate of drug-likeness (QED) is 0.470. The Balaban J connectivity index is 2.24. The van der Waals surface area contributed by atoms with Gasteiger partial charge in [0.15, 0.2) is 0 Å². The molecule has 0 aliphatic carbocycles. The van der Waals surface area contributed by atoms with Gasteiger partial charge in [-0.25, -0.2) is 9.78 Å². The molecule has 8 heteroatoms. The molecule has 1 saturated heterocycles. The minimum atomic E-state index is -0.633. The van der Waals surface area contributed by atoms with Crippen LogP contribution >= 0.6 is 0 Å². The maximum absolute atomic E-state index is 11.5. The molecule has 0 aromatic carbocycles. The predicted octanol–water partition coefficient (Wildman–Crippen LogP) is 1.31. The Morgan fingerprint density at radius 1 is 1.36 bits per heavy atom. The zero-order chi connectivity index (χ0) is 16.3. The van der Waals surface area contributed by atoms with Gasteiger partial charge in [0.2, 0.25) is 5.82 Å². The van der Waals surface area contributed by atoms with Crippen LogP contribution in [-0.2, 0) is 4.74 Å². The highest BCUT2D eigenvalue weighted by Gasteiger charge is 2.27. The van der Waals surface area contributed by atoms with E-state index in [1.165, 1.54) is 19.4 Å². The third-order valence-corrected chi connectivity index (χ3v) is 3.81. The van der Waals surface area contributed by atoms with Gasteiger partial charge >= 0.3 is 11.7 Å². The second kappa shape index (κ2) is 6.69. The molecule has 0 unspecified atom stereocenters. The Bertz CT molecular complexity index is 568. The third-order valence-electron chi connectivity index (χ3n) is 3.81. The number of carbonyl (C=O) groups excluding carboxylic acids is 1. The SMILES string of the molecule is COC(=O)c1cnc(N2CCN(C(C)C)CC2)c([N+](=O)[O-])c1. The number of methoxy groups -OCH3 is 1. The lowest BCUT2D eigenvalue weighted by Crippen LogP contribution is -2.49. The van der Waals surface area contributed by atoms with Crippen molar-refractivity contribution in [1.82, 2.24) is 9.88 Å². The van der Waals surface area contributed by atoms with Crippen molar-refractivity contribution in [2.75, 3.05) is 38.2 Å². The van der Waals surface area contributed by atoms with Gasteiger partial charge in [0.1, 0.15) is 0 Å². The summed E-state index contributed by atoms with van der Waals surface area (Å²) in [6.07, 6.45) is 1.32. The van der Waals surface area contributed by atoms with Crippen LogP contribution in [0.15, 0.2) is 12.3 Å². The summed E-state index contributed by atoms with van der Waals surface area (Å²) in [4.78, 5) is 30.6. The van der Waals surface area contributed by atoms with Crippen LogP contribution < -0.4 is 4.90 Å². The van der Waals surface area contributed by atoms with E-state index in [0.29, 0.717) is 24.9 Å². The number of carbonyl (C=O) groups is 1. The van der Waals surface area contributed by atoms with Crippen molar-refractivity contribution in [1.29, 1.82) is 0 Å². The molecule has 1 aliphatic rings. The Kier molecular flexibility index (Phi) is 4.92. The predicted molar refractivity (Wildman–Crippen MR) is 81.2 cm³/mol. The summed E-state index contributed by atoms with van der Waals surface area (Å²) in [5.41, 5.74) is -0.0836. The standard InChI is InChI=1S/C14H20N4O4/c1-10(2)16-4-6-17(7-5-16)13-12(18(20)21)8-11(9-15-13)14(19)22-3/h8-10H,4-7H2,1-3H3. The monoisotopic (exact) mass is 308 g/mol. The average Bonchev–Trinajstić information content (AvgIpc) is 2.53. The second-order valence-electron chi connectivity index (χ2n) is 5.43. The van der Waals surface area contributed by atoms with Gasteiger partial charge < -0.3 is 9.64 Å². The number of nitro groups is 1. The summed E-state index contributed by atoms with van der Waals surface area (Å²) in [7, 11) is 1.23. The Hall–Kier alpha value is -2.22. The summed E-state index contributed by atoms with van der Waals surface area (Å²) in [5, 5.41) is 11.3. The van der Waals surface area contributed by atoms with Crippen molar-refractivity contribution in [3.63, 3.8) is 0 Å². The van der Waals surface area contributed by atoms with E-state index in [9.17, 15) is 14.9 Å². The molecule has 1 aliphatic heterocycles. The minimum absolute atomic E-state index is 0.0822. The molecule has 1 aromatic heterocycles. The van der Waals surface area contributed by atoms with E-state index >= 15 is 0 Å². The lowest BCUT2D eigenvalue weighted by atomic mass is 10.2. The zero-order valence-electron chi connectivity index (χ0n) is 13.0. The lowest BCUT2D eigenvalue weighted by molar-refractivity contribution is -0.384. The molecule has 22 heavy (non-hydrogen) atoms. The molecule has 1 aromatic rings. The zero-order valence-corrected chi connectivity index (χ0v) is 13.0. The molecule has 1 fully saturated rings. The van der Waals surface area contributed by atoms with Crippen molar-refractivity contribution < 1.29 is 14.5 Å². The molecular formula is C14H20N4O4. The first kappa shape index (κ1) is 16.2. The van der Waals surface area contributed by atoms with E-state index in [4.69, 9.17) is 0 Å². The summed E-state index contributed by atoms with van der Waals surface area (Å²) in [5.74, 6) is -0.326. The first-order chi connectivity index (χ1) is 10.4. The van der Waals surface area contributed by atoms with Crippen molar-refractivity contribution in [3.8, 4) is 0 Å². The third kappa shape index (κ3) is 3.33. The number of anilines is 1. The number of ether oxygens (including phenoxy) is 1. The van der Waals surface area contributed by atoms with Crippen LogP contribution in [0.2, 0.25) is 0 Å². The molecule has 2 heterocycles. The van der Waals surface area contributed by atoms with E-state index in [1.54, 1.807) is 0 Å². The normalized spacial score (nSPS) is 15.9. The van der Waals surface area contributed by atoms with E-state index in [1.807, 2.05) is 4.90 Å². The molecule has 0 spiro atoms. The highest BCUT2D eigenvalue weighted by Crippen LogP contribution is 2.27. The first-order valence-electron chi connectivity index (χ1n) is 7.15. The Morgan fingerprint density at radius 3 is 2.50 bits per heavy atom. The number of hydrogen-bond donors (Lipinski definition) is 0. The van der Waals surface area contributed by atoms with Crippen LogP contribution in [0.1, 0.15) is 24.2 Å². The van der Waals surface area contributed by atoms with Gasteiger partial charge in [0, 0.05) is 44.5 Å². The summed E-state index contributed by atoms with van der Waals surface area (Å²) >= 11 is 0. The maximum atomic E-state index is 11.5. The van der Waals surface area contributed by atoms with Crippen molar-refractivity contribution in [3.05, 3.63) is 27.9 Å². The number of pyridine rings is 1. The van der Waals surface area contributed by atoms with Gasteiger partial charge in [0.25, 0.3) is 0 Å². The van der Waals surface area contributed by atoms with Gasteiger partial charge in [-0.1, -0.05) is 0 Å². The summed E-state index contributed by atoms with van der Waals surface area (Å²) in [6.45, 7) is 7.25. The molecule has 8 nitrogen and oxygen atoms in total. The fourth-order valence-electron chi connectivity index (χ4n) is 2.50. The number of piperazine rings is 1. The van der Waals surface area contributed by atoms with Crippen LogP contribution in [0.5, 0.6) is 0 Å². The van der Waals surface area contributed by atoms with Crippen molar-refractivity contribution in [2.24, 2.45) is 0 Å². The smallest absolute Gasteiger partial charge is 0.339 e. The lowest BCUT2D eigenvalue weighted by Gasteiger charge is -2.37. The number of nitrogens with zero attached hydrogens (tertiary/aromatic N) is 4. The highest BCUT2D eigenvalue weighted by atomic mass is 16.6. The van der Waals surface area contributed by atoms with Crippen LogP contribution in [0.25, 0.3) is 0 Å². The van der Waals surface area contributed by atoms with Crippen LogP contribution in [0.3, 0.4) is 0 Å². The summed E-state index contributed by atoms with van der Waals surface area (Å²) in [6, 6.07) is 1.68. The number of esters is 1. The molecular weight excluding hydrogens is 288 g/mol. The van der Waals surface area contributed by atoms with Gasteiger partial charge in [-0.15, -0.1) is 0 Å². The van der Waals surface area contributed by atoms with Crippen molar-refractivity contribution in [2.45, 2.75) is 19.9 Å². The molecule has 0 atom stereocenters. The average molecular weight is 308 g/mol. The molecule has 2 rings (SSSR count). The fourth-order valence-corrected chi connectivity index (χ4v) is 2.50. The Labute approximate surface area is 128 Å². The van der Waals surface area contributed by atoms with Gasteiger partial charge in [-0.3, -0.25) is 15.0 Å². The molecule has 0 amide bonds. The number of hydrogen-bond acceptors (Lipinski definition) is 7. The highest BCUT2D eigenvalue weighted by molar-refractivity contribution is 5.90. The van der Waals surface area contributed by atoms with E-state index < -0.39 is 10.9 Å². The van der Waals surface area contributed by atoms with Crippen LogP contribution in [0.4, 0.5) is 11.5 Å². The molecule has 0 N–H and O–H groups in total. The molecule has 120 valence electrons. The van der Waals surface area contributed by atoms with Crippen LogP contribution in [0, 0.1) is 10.1 Å². The molecule has 0 bridgehead atoms. The van der Waals surface area contributed by atoms with Crippen molar-refractivity contribution >= 4 is 17.5 Å².